The Bertz CT molecular complexity index is 1160. The number of amides is 1. The summed E-state index contributed by atoms with van der Waals surface area (Å²) in [6, 6.07) is 17.0. The topological polar surface area (TPSA) is 86.3 Å². The van der Waals surface area contributed by atoms with Gasteiger partial charge in [-0.05, 0) is 43.3 Å². The van der Waals surface area contributed by atoms with E-state index in [9.17, 15) is 4.79 Å². The summed E-state index contributed by atoms with van der Waals surface area (Å²) >= 11 is 0. The van der Waals surface area contributed by atoms with Crippen molar-refractivity contribution in [3.8, 4) is 34.3 Å². The lowest BCUT2D eigenvalue weighted by atomic mass is 10.1. The molecule has 0 bridgehead atoms. The van der Waals surface area contributed by atoms with Gasteiger partial charge in [-0.2, -0.15) is 0 Å². The molecule has 2 aliphatic heterocycles. The number of fused-ring (bicyclic) bond motifs is 1. The largest absolute Gasteiger partial charge is 0.497 e. The summed E-state index contributed by atoms with van der Waals surface area (Å²) in [5, 5.41) is 8.80. The molecule has 3 heterocycles. The first kappa shape index (κ1) is 21.8. The molecule has 1 fully saturated rings. The van der Waals surface area contributed by atoms with E-state index in [1.54, 1.807) is 32.2 Å². The van der Waals surface area contributed by atoms with Crippen LogP contribution in [0.1, 0.15) is 6.92 Å². The van der Waals surface area contributed by atoms with E-state index in [-0.39, 0.29) is 12.7 Å². The Morgan fingerprint density at radius 2 is 1.76 bits per heavy atom. The molecule has 1 unspecified atom stereocenters. The molecule has 0 saturated carbocycles. The van der Waals surface area contributed by atoms with Gasteiger partial charge in [-0.1, -0.05) is 12.1 Å². The fraction of sp³-hybridized carbons (Fsp3) is 0.320. The molecule has 9 heteroatoms. The van der Waals surface area contributed by atoms with Crippen LogP contribution in [0, 0.1) is 0 Å². The van der Waals surface area contributed by atoms with Gasteiger partial charge < -0.3 is 28.7 Å². The molecule has 3 aromatic rings. The van der Waals surface area contributed by atoms with Gasteiger partial charge >= 0.3 is 0 Å². The van der Waals surface area contributed by atoms with Crippen LogP contribution in [0.15, 0.2) is 54.6 Å². The van der Waals surface area contributed by atoms with Gasteiger partial charge in [0.2, 0.25) is 6.79 Å². The Balaban J connectivity index is 1.16. The minimum Gasteiger partial charge on any atom is -0.497 e. The molecular weight excluding hydrogens is 436 g/mol. The fourth-order valence-electron chi connectivity index (χ4n) is 4.05. The molecule has 5 rings (SSSR count). The lowest BCUT2D eigenvalue weighted by molar-refractivity contribution is -0.138. The molecule has 0 aliphatic carbocycles. The van der Waals surface area contributed by atoms with Crippen LogP contribution in [-0.2, 0) is 4.79 Å². The third-order valence-electron chi connectivity index (χ3n) is 5.94. The van der Waals surface area contributed by atoms with Crippen LogP contribution < -0.4 is 23.8 Å². The predicted octanol–water partition coefficient (Wildman–Crippen LogP) is 3.00. The van der Waals surface area contributed by atoms with E-state index in [0.717, 1.165) is 22.8 Å². The number of carbonyl (C=O) groups excluding carboxylic acids is 1. The van der Waals surface area contributed by atoms with E-state index in [0.29, 0.717) is 43.4 Å². The zero-order valence-corrected chi connectivity index (χ0v) is 19.1. The van der Waals surface area contributed by atoms with Crippen molar-refractivity contribution in [2.24, 2.45) is 0 Å². The van der Waals surface area contributed by atoms with Crippen molar-refractivity contribution < 1.29 is 23.7 Å². The molecule has 0 spiro atoms. The summed E-state index contributed by atoms with van der Waals surface area (Å²) in [6.45, 7) is 4.50. The number of carbonyl (C=O) groups is 1. The van der Waals surface area contributed by atoms with Crippen molar-refractivity contribution in [3.05, 3.63) is 54.6 Å². The van der Waals surface area contributed by atoms with Crippen molar-refractivity contribution in [1.29, 1.82) is 0 Å². The third kappa shape index (κ3) is 4.54. The average Bonchev–Trinajstić information content (AvgIpc) is 3.36. The molecular formula is C25H26N4O5. The van der Waals surface area contributed by atoms with E-state index >= 15 is 0 Å². The molecule has 176 valence electrons. The maximum Gasteiger partial charge on any atom is 0.263 e. The van der Waals surface area contributed by atoms with Crippen LogP contribution in [0.2, 0.25) is 0 Å². The Labute approximate surface area is 197 Å². The maximum atomic E-state index is 12.9. The number of benzene rings is 2. The number of hydrogen-bond donors (Lipinski definition) is 0. The fourth-order valence-corrected chi connectivity index (χ4v) is 4.05. The third-order valence-corrected chi connectivity index (χ3v) is 5.94. The van der Waals surface area contributed by atoms with E-state index in [1.165, 1.54) is 0 Å². The normalized spacial score (nSPS) is 15.7. The lowest BCUT2D eigenvalue weighted by Crippen LogP contribution is -2.52. The summed E-state index contributed by atoms with van der Waals surface area (Å²) in [5.41, 5.74) is 1.73. The van der Waals surface area contributed by atoms with E-state index in [2.05, 4.69) is 15.1 Å². The number of methoxy groups -OCH3 is 1. The summed E-state index contributed by atoms with van der Waals surface area (Å²) < 4.78 is 21.8. The average molecular weight is 463 g/mol. The number of nitrogens with zero attached hydrogens (tertiary/aromatic N) is 4. The van der Waals surface area contributed by atoms with Gasteiger partial charge in [0.05, 0.1) is 12.8 Å². The zero-order chi connectivity index (χ0) is 23.5. The highest BCUT2D eigenvalue weighted by Crippen LogP contribution is 2.35. The first-order valence-electron chi connectivity index (χ1n) is 11.2. The standard InChI is InChI=1S/C25H26N4O5/c1-17(34-20-6-8-22-23(15-20)33-16-32-22)25(30)29-12-10-28(11-13-29)24-9-7-21(26-27-24)18-4-3-5-19(14-18)31-2/h3-9,14-15,17H,10-13,16H2,1-2H3. The minimum absolute atomic E-state index is 0.0447. The smallest absolute Gasteiger partial charge is 0.263 e. The van der Waals surface area contributed by atoms with Crippen molar-refractivity contribution >= 4 is 11.7 Å². The lowest BCUT2D eigenvalue weighted by Gasteiger charge is -2.36. The Morgan fingerprint density at radius 1 is 0.941 bits per heavy atom. The molecule has 34 heavy (non-hydrogen) atoms. The number of ether oxygens (including phenoxy) is 4. The summed E-state index contributed by atoms with van der Waals surface area (Å²) in [6.07, 6.45) is -0.603. The monoisotopic (exact) mass is 462 g/mol. The van der Waals surface area contributed by atoms with Crippen LogP contribution in [0.25, 0.3) is 11.3 Å². The molecule has 2 aromatic carbocycles. The van der Waals surface area contributed by atoms with Crippen LogP contribution in [0.5, 0.6) is 23.0 Å². The molecule has 0 radical (unpaired) electrons. The summed E-state index contributed by atoms with van der Waals surface area (Å²) in [4.78, 5) is 16.9. The highest BCUT2D eigenvalue weighted by atomic mass is 16.7. The van der Waals surface area contributed by atoms with Crippen LogP contribution in [0.4, 0.5) is 5.82 Å². The van der Waals surface area contributed by atoms with Gasteiger partial charge in [0.15, 0.2) is 23.4 Å². The highest BCUT2D eigenvalue weighted by molar-refractivity contribution is 5.81. The molecule has 1 atom stereocenters. The molecule has 9 nitrogen and oxygen atoms in total. The number of hydrogen-bond acceptors (Lipinski definition) is 8. The van der Waals surface area contributed by atoms with E-state index in [1.807, 2.05) is 41.3 Å². The van der Waals surface area contributed by atoms with Gasteiger partial charge in [0.25, 0.3) is 5.91 Å². The second-order valence-electron chi connectivity index (χ2n) is 8.10. The van der Waals surface area contributed by atoms with Gasteiger partial charge in [-0.25, -0.2) is 0 Å². The van der Waals surface area contributed by atoms with Gasteiger partial charge in [0, 0.05) is 37.8 Å². The predicted molar refractivity (Wildman–Crippen MR) is 125 cm³/mol. The van der Waals surface area contributed by atoms with Gasteiger partial charge in [-0.3, -0.25) is 4.79 Å². The molecule has 2 aliphatic rings. The zero-order valence-electron chi connectivity index (χ0n) is 19.1. The molecule has 1 aromatic heterocycles. The number of anilines is 1. The van der Waals surface area contributed by atoms with Crippen LogP contribution in [-0.4, -0.2) is 67.2 Å². The maximum absolute atomic E-state index is 12.9. The van der Waals surface area contributed by atoms with Crippen molar-refractivity contribution in [2.45, 2.75) is 13.0 Å². The Morgan fingerprint density at radius 3 is 2.53 bits per heavy atom. The van der Waals surface area contributed by atoms with E-state index < -0.39 is 6.10 Å². The first-order valence-corrected chi connectivity index (χ1v) is 11.2. The quantitative estimate of drug-likeness (QED) is 0.553. The van der Waals surface area contributed by atoms with Gasteiger partial charge in [-0.15, -0.1) is 10.2 Å². The van der Waals surface area contributed by atoms with Gasteiger partial charge in [0.1, 0.15) is 11.5 Å². The van der Waals surface area contributed by atoms with Crippen LogP contribution in [0.3, 0.4) is 0 Å². The number of piperazine rings is 1. The Hall–Kier alpha value is -4.01. The SMILES string of the molecule is COc1cccc(-c2ccc(N3CCN(C(=O)C(C)Oc4ccc5c(c4)OCO5)CC3)nn2)c1. The second-order valence-corrected chi connectivity index (χ2v) is 8.10. The second kappa shape index (κ2) is 9.46. The van der Waals surface area contributed by atoms with E-state index in [4.69, 9.17) is 18.9 Å². The molecule has 1 amide bonds. The van der Waals surface area contributed by atoms with Crippen molar-refractivity contribution in [3.63, 3.8) is 0 Å². The molecule has 1 saturated heterocycles. The first-order chi connectivity index (χ1) is 16.6. The van der Waals surface area contributed by atoms with Crippen molar-refractivity contribution in [1.82, 2.24) is 15.1 Å². The molecule has 0 N–H and O–H groups in total. The number of aromatic nitrogens is 2. The highest BCUT2D eigenvalue weighted by Gasteiger charge is 2.27. The minimum atomic E-state index is -0.603. The van der Waals surface area contributed by atoms with Crippen molar-refractivity contribution in [2.75, 3.05) is 45.0 Å². The summed E-state index contributed by atoms with van der Waals surface area (Å²) in [7, 11) is 1.64. The van der Waals surface area contributed by atoms with Crippen LogP contribution >= 0.6 is 0 Å². The summed E-state index contributed by atoms with van der Waals surface area (Å²) in [5.74, 6) is 3.42. The Kier molecular flexibility index (Phi) is 6.07. The number of rotatable bonds is 6.